The van der Waals surface area contributed by atoms with Gasteiger partial charge < -0.3 is 10.8 Å². The van der Waals surface area contributed by atoms with E-state index in [-0.39, 0.29) is 6.10 Å². The standard InChI is InChI=1S/C9H19NO/c1-7(8-2-3-8)6-9(11)4-5-10/h7-9,11H,2-6,10H2,1H3. The summed E-state index contributed by atoms with van der Waals surface area (Å²) in [6, 6.07) is 0. The Bertz CT molecular complexity index is 112. The summed E-state index contributed by atoms with van der Waals surface area (Å²) in [6.45, 7) is 2.84. The normalized spacial score (nSPS) is 23.2. The first-order chi connectivity index (χ1) is 5.24. The molecule has 1 aliphatic rings. The molecule has 0 bridgehead atoms. The minimum atomic E-state index is -0.157. The summed E-state index contributed by atoms with van der Waals surface area (Å²) in [4.78, 5) is 0. The van der Waals surface area contributed by atoms with E-state index in [4.69, 9.17) is 5.73 Å². The van der Waals surface area contributed by atoms with Gasteiger partial charge in [0.25, 0.3) is 0 Å². The van der Waals surface area contributed by atoms with Crippen LogP contribution in [0.4, 0.5) is 0 Å². The molecule has 1 rings (SSSR count). The molecule has 0 aromatic heterocycles. The Kier molecular flexibility index (Phi) is 3.34. The van der Waals surface area contributed by atoms with Crippen LogP contribution in [0.3, 0.4) is 0 Å². The minimum Gasteiger partial charge on any atom is -0.393 e. The zero-order valence-corrected chi connectivity index (χ0v) is 7.29. The molecule has 1 aliphatic carbocycles. The fourth-order valence-electron chi connectivity index (χ4n) is 1.60. The molecule has 1 fully saturated rings. The molecule has 1 saturated carbocycles. The Morgan fingerprint density at radius 1 is 1.55 bits per heavy atom. The van der Waals surface area contributed by atoms with Crippen molar-refractivity contribution in [2.45, 2.75) is 38.7 Å². The van der Waals surface area contributed by atoms with Gasteiger partial charge in [-0.05, 0) is 44.1 Å². The van der Waals surface area contributed by atoms with Crippen LogP contribution in [0.5, 0.6) is 0 Å². The smallest absolute Gasteiger partial charge is 0.0554 e. The lowest BCUT2D eigenvalue weighted by atomic mass is 9.97. The highest BCUT2D eigenvalue weighted by atomic mass is 16.3. The molecule has 0 aromatic carbocycles. The Hall–Kier alpha value is -0.0800. The van der Waals surface area contributed by atoms with Crippen molar-refractivity contribution in [2.24, 2.45) is 17.6 Å². The zero-order chi connectivity index (χ0) is 8.27. The summed E-state index contributed by atoms with van der Waals surface area (Å²) in [7, 11) is 0. The first-order valence-electron chi connectivity index (χ1n) is 4.62. The summed E-state index contributed by atoms with van der Waals surface area (Å²) >= 11 is 0. The fraction of sp³-hybridized carbons (Fsp3) is 1.00. The van der Waals surface area contributed by atoms with Gasteiger partial charge in [-0.3, -0.25) is 0 Å². The second-order valence-corrected chi connectivity index (χ2v) is 3.78. The van der Waals surface area contributed by atoms with Gasteiger partial charge in [-0.2, -0.15) is 0 Å². The van der Waals surface area contributed by atoms with Crippen LogP contribution < -0.4 is 5.73 Å². The molecule has 3 N–H and O–H groups in total. The van der Waals surface area contributed by atoms with Crippen molar-refractivity contribution in [1.82, 2.24) is 0 Å². The molecule has 2 heteroatoms. The van der Waals surface area contributed by atoms with Crippen LogP contribution in [0.1, 0.15) is 32.6 Å². The Morgan fingerprint density at radius 3 is 2.64 bits per heavy atom. The predicted molar refractivity (Wildman–Crippen MR) is 46.2 cm³/mol. The molecule has 11 heavy (non-hydrogen) atoms. The van der Waals surface area contributed by atoms with Crippen LogP contribution >= 0.6 is 0 Å². The van der Waals surface area contributed by atoms with Crippen LogP contribution in [0.2, 0.25) is 0 Å². The van der Waals surface area contributed by atoms with E-state index in [0.717, 1.165) is 18.8 Å². The predicted octanol–water partition coefficient (Wildman–Crippen LogP) is 1.13. The van der Waals surface area contributed by atoms with E-state index in [2.05, 4.69) is 6.92 Å². The zero-order valence-electron chi connectivity index (χ0n) is 7.29. The Morgan fingerprint density at radius 2 is 2.18 bits per heavy atom. The second-order valence-electron chi connectivity index (χ2n) is 3.78. The topological polar surface area (TPSA) is 46.2 Å². The first-order valence-corrected chi connectivity index (χ1v) is 4.62. The van der Waals surface area contributed by atoms with Crippen molar-refractivity contribution in [2.75, 3.05) is 6.54 Å². The molecule has 0 aliphatic heterocycles. The van der Waals surface area contributed by atoms with Gasteiger partial charge in [-0.25, -0.2) is 0 Å². The van der Waals surface area contributed by atoms with Gasteiger partial charge in [0.1, 0.15) is 0 Å². The third-order valence-corrected chi connectivity index (χ3v) is 2.57. The van der Waals surface area contributed by atoms with Crippen molar-refractivity contribution in [3.05, 3.63) is 0 Å². The molecule has 0 aromatic rings. The van der Waals surface area contributed by atoms with E-state index in [1.807, 2.05) is 0 Å². The third-order valence-electron chi connectivity index (χ3n) is 2.57. The van der Waals surface area contributed by atoms with Crippen LogP contribution in [-0.2, 0) is 0 Å². The minimum absolute atomic E-state index is 0.157. The largest absolute Gasteiger partial charge is 0.393 e. The summed E-state index contributed by atoms with van der Waals surface area (Å²) in [6.07, 6.45) is 4.29. The SMILES string of the molecule is CC(CC(O)CCN)C1CC1. The van der Waals surface area contributed by atoms with Crippen molar-refractivity contribution >= 4 is 0 Å². The molecule has 2 atom stereocenters. The molecule has 0 radical (unpaired) electrons. The quantitative estimate of drug-likeness (QED) is 0.628. The van der Waals surface area contributed by atoms with Gasteiger partial charge in [-0.15, -0.1) is 0 Å². The third kappa shape index (κ3) is 3.21. The lowest BCUT2D eigenvalue weighted by molar-refractivity contribution is 0.134. The Labute approximate surface area is 68.8 Å². The van der Waals surface area contributed by atoms with Gasteiger partial charge in [-0.1, -0.05) is 6.92 Å². The second kappa shape index (κ2) is 4.07. The lowest BCUT2D eigenvalue weighted by Gasteiger charge is -2.14. The van der Waals surface area contributed by atoms with Gasteiger partial charge in [0.05, 0.1) is 6.10 Å². The van der Waals surface area contributed by atoms with Gasteiger partial charge in [0.2, 0.25) is 0 Å². The van der Waals surface area contributed by atoms with E-state index in [0.29, 0.717) is 12.5 Å². The number of aliphatic hydroxyl groups is 1. The molecule has 0 saturated heterocycles. The first kappa shape index (κ1) is 9.01. The van der Waals surface area contributed by atoms with Gasteiger partial charge in [0, 0.05) is 0 Å². The van der Waals surface area contributed by atoms with E-state index < -0.39 is 0 Å². The van der Waals surface area contributed by atoms with E-state index in [1.54, 1.807) is 0 Å². The average molecular weight is 157 g/mol. The molecular weight excluding hydrogens is 138 g/mol. The molecule has 2 unspecified atom stereocenters. The number of nitrogens with two attached hydrogens (primary N) is 1. The molecule has 0 spiro atoms. The molecule has 66 valence electrons. The maximum atomic E-state index is 9.42. The van der Waals surface area contributed by atoms with E-state index >= 15 is 0 Å². The van der Waals surface area contributed by atoms with Crippen LogP contribution in [0, 0.1) is 11.8 Å². The summed E-state index contributed by atoms with van der Waals surface area (Å²) in [5, 5.41) is 9.42. The van der Waals surface area contributed by atoms with Crippen LogP contribution in [0.15, 0.2) is 0 Å². The lowest BCUT2D eigenvalue weighted by Crippen LogP contribution is -2.17. The monoisotopic (exact) mass is 157 g/mol. The highest BCUT2D eigenvalue weighted by Gasteiger charge is 2.28. The number of hydrogen-bond donors (Lipinski definition) is 2. The molecular formula is C9H19NO. The van der Waals surface area contributed by atoms with Gasteiger partial charge in [0.15, 0.2) is 0 Å². The van der Waals surface area contributed by atoms with Crippen molar-refractivity contribution in [3.63, 3.8) is 0 Å². The molecule has 0 amide bonds. The molecule has 2 nitrogen and oxygen atoms in total. The number of aliphatic hydroxyl groups excluding tert-OH is 1. The van der Waals surface area contributed by atoms with Crippen LogP contribution in [-0.4, -0.2) is 17.8 Å². The van der Waals surface area contributed by atoms with Crippen molar-refractivity contribution in [1.29, 1.82) is 0 Å². The van der Waals surface area contributed by atoms with Crippen molar-refractivity contribution in [3.8, 4) is 0 Å². The van der Waals surface area contributed by atoms with Crippen molar-refractivity contribution < 1.29 is 5.11 Å². The maximum Gasteiger partial charge on any atom is 0.0554 e. The summed E-state index contributed by atoms with van der Waals surface area (Å²) < 4.78 is 0. The van der Waals surface area contributed by atoms with Crippen LogP contribution in [0.25, 0.3) is 0 Å². The van der Waals surface area contributed by atoms with E-state index in [1.165, 1.54) is 12.8 Å². The average Bonchev–Trinajstić information content (AvgIpc) is 2.67. The highest BCUT2D eigenvalue weighted by Crippen LogP contribution is 2.38. The summed E-state index contributed by atoms with van der Waals surface area (Å²) in [5.74, 6) is 1.61. The number of rotatable bonds is 5. The fourth-order valence-corrected chi connectivity index (χ4v) is 1.60. The number of hydrogen-bond acceptors (Lipinski definition) is 2. The summed E-state index contributed by atoms with van der Waals surface area (Å²) in [5.41, 5.74) is 5.34. The highest BCUT2D eigenvalue weighted by molar-refractivity contribution is 4.80. The van der Waals surface area contributed by atoms with Gasteiger partial charge >= 0.3 is 0 Å². The maximum absolute atomic E-state index is 9.42. The van der Waals surface area contributed by atoms with E-state index in [9.17, 15) is 5.11 Å². The Balaban J connectivity index is 2.07. The molecule has 0 heterocycles.